The molecule has 0 amide bonds. The first-order chi connectivity index (χ1) is 12.6. The SMILES string of the molecule is CCNC(=NCc1cc(F)ccc1F)NCCCCn1ccccc1=O.I. The number of guanidine groups is 1. The zero-order valence-corrected chi connectivity index (χ0v) is 17.6. The van der Waals surface area contributed by atoms with Crippen molar-refractivity contribution in [1.29, 1.82) is 0 Å². The van der Waals surface area contributed by atoms with Crippen LogP contribution in [-0.4, -0.2) is 23.6 Å². The Balaban J connectivity index is 0.00000364. The third-order valence-electron chi connectivity index (χ3n) is 3.78. The lowest BCUT2D eigenvalue weighted by atomic mass is 10.2. The van der Waals surface area contributed by atoms with Gasteiger partial charge in [0.05, 0.1) is 6.54 Å². The summed E-state index contributed by atoms with van der Waals surface area (Å²) in [6.07, 6.45) is 3.46. The van der Waals surface area contributed by atoms with Gasteiger partial charge in [-0.25, -0.2) is 13.8 Å². The van der Waals surface area contributed by atoms with E-state index in [0.29, 0.717) is 25.6 Å². The van der Waals surface area contributed by atoms with Gasteiger partial charge in [-0.2, -0.15) is 0 Å². The van der Waals surface area contributed by atoms with Gasteiger partial charge in [0.1, 0.15) is 11.6 Å². The number of pyridine rings is 1. The Morgan fingerprint density at radius 3 is 2.70 bits per heavy atom. The van der Waals surface area contributed by atoms with E-state index in [9.17, 15) is 13.6 Å². The third kappa shape index (κ3) is 8.06. The van der Waals surface area contributed by atoms with Crippen LogP contribution in [0.3, 0.4) is 0 Å². The van der Waals surface area contributed by atoms with Crippen molar-refractivity contribution in [3.8, 4) is 0 Å². The Bertz CT molecular complexity index is 795. The molecule has 2 rings (SSSR count). The molecule has 0 aliphatic carbocycles. The molecule has 0 aliphatic heterocycles. The molecule has 0 fully saturated rings. The zero-order chi connectivity index (χ0) is 18.8. The first kappa shape index (κ1) is 23.1. The summed E-state index contributed by atoms with van der Waals surface area (Å²) in [4.78, 5) is 15.9. The summed E-state index contributed by atoms with van der Waals surface area (Å²) in [5.41, 5.74) is 0.207. The van der Waals surface area contributed by atoms with Crippen LogP contribution in [0.5, 0.6) is 0 Å². The fourth-order valence-corrected chi connectivity index (χ4v) is 2.43. The van der Waals surface area contributed by atoms with Crippen molar-refractivity contribution in [3.05, 3.63) is 70.1 Å². The molecule has 0 saturated heterocycles. The topological polar surface area (TPSA) is 58.4 Å². The van der Waals surface area contributed by atoms with Gasteiger partial charge in [0.25, 0.3) is 0 Å². The highest BCUT2D eigenvalue weighted by Gasteiger charge is 2.04. The third-order valence-corrected chi connectivity index (χ3v) is 3.78. The molecule has 0 unspecified atom stereocenters. The number of nitrogens with one attached hydrogen (secondary N) is 2. The van der Waals surface area contributed by atoms with Gasteiger partial charge >= 0.3 is 0 Å². The average molecular weight is 490 g/mol. The van der Waals surface area contributed by atoms with Crippen LogP contribution >= 0.6 is 24.0 Å². The van der Waals surface area contributed by atoms with E-state index in [-0.39, 0.29) is 41.6 Å². The van der Waals surface area contributed by atoms with E-state index in [0.717, 1.165) is 31.0 Å². The lowest BCUT2D eigenvalue weighted by Crippen LogP contribution is -2.37. The minimum Gasteiger partial charge on any atom is -0.357 e. The summed E-state index contributed by atoms with van der Waals surface area (Å²) < 4.78 is 28.5. The highest BCUT2D eigenvalue weighted by atomic mass is 127. The van der Waals surface area contributed by atoms with Crippen LogP contribution in [0.25, 0.3) is 0 Å². The number of benzene rings is 1. The molecule has 0 bridgehead atoms. The zero-order valence-electron chi connectivity index (χ0n) is 15.3. The van der Waals surface area contributed by atoms with E-state index in [2.05, 4.69) is 15.6 Å². The first-order valence-electron chi connectivity index (χ1n) is 8.71. The van der Waals surface area contributed by atoms with Gasteiger partial charge in [-0.05, 0) is 44.0 Å². The second-order valence-corrected chi connectivity index (χ2v) is 5.80. The smallest absolute Gasteiger partial charge is 0.250 e. The Morgan fingerprint density at radius 2 is 1.96 bits per heavy atom. The van der Waals surface area contributed by atoms with Crippen LogP contribution in [0.1, 0.15) is 25.3 Å². The van der Waals surface area contributed by atoms with Crippen LogP contribution in [-0.2, 0) is 13.1 Å². The number of hydrogen-bond acceptors (Lipinski definition) is 2. The molecular formula is C19H25F2IN4O. The van der Waals surface area contributed by atoms with Gasteiger partial charge in [0, 0.05) is 37.5 Å². The Hall–Kier alpha value is -1.97. The molecule has 1 heterocycles. The number of unbranched alkanes of at least 4 members (excludes halogenated alkanes) is 1. The number of hydrogen-bond donors (Lipinski definition) is 2. The van der Waals surface area contributed by atoms with Crippen LogP contribution in [0.15, 0.2) is 52.4 Å². The molecule has 2 aromatic rings. The lowest BCUT2D eigenvalue weighted by molar-refractivity contribution is 0.582. The average Bonchev–Trinajstić information content (AvgIpc) is 2.63. The van der Waals surface area contributed by atoms with Crippen molar-refractivity contribution in [1.82, 2.24) is 15.2 Å². The first-order valence-corrected chi connectivity index (χ1v) is 8.71. The summed E-state index contributed by atoms with van der Waals surface area (Å²) in [6.45, 7) is 3.97. The molecule has 8 heteroatoms. The normalized spacial score (nSPS) is 11.0. The molecule has 148 valence electrons. The van der Waals surface area contributed by atoms with Gasteiger partial charge < -0.3 is 15.2 Å². The van der Waals surface area contributed by atoms with E-state index < -0.39 is 11.6 Å². The van der Waals surface area contributed by atoms with E-state index >= 15 is 0 Å². The van der Waals surface area contributed by atoms with Crippen molar-refractivity contribution in [2.24, 2.45) is 4.99 Å². The largest absolute Gasteiger partial charge is 0.357 e. The number of nitrogens with zero attached hydrogens (tertiary/aromatic N) is 2. The molecule has 2 N–H and O–H groups in total. The molecule has 0 aliphatic rings. The minimum atomic E-state index is -0.481. The Kier molecular flexibility index (Phi) is 10.6. The second kappa shape index (κ2) is 12.4. The van der Waals surface area contributed by atoms with Crippen LogP contribution in [0.2, 0.25) is 0 Å². The number of aromatic nitrogens is 1. The highest BCUT2D eigenvalue weighted by molar-refractivity contribution is 14.0. The number of rotatable bonds is 8. The molecule has 0 saturated carbocycles. The molecule has 0 radical (unpaired) electrons. The molecular weight excluding hydrogens is 465 g/mol. The molecule has 5 nitrogen and oxygen atoms in total. The quantitative estimate of drug-likeness (QED) is 0.259. The van der Waals surface area contributed by atoms with Gasteiger partial charge in [0.2, 0.25) is 5.56 Å². The van der Waals surface area contributed by atoms with Crippen molar-refractivity contribution >= 4 is 29.9 Å². The molecule has 0 atom stereocenters. The van der Waals surface area contributed by atoms with E-state index in [1.54, 1.807) is 22.9 Å². The standard InChI is InChI=1S/C19H24F2N4O.HI/c1-2-22-19(24-14-15-13-16(20)8-9-17(15)21)23-10-4-6-12-25-11-5-3-7-18(25)26;/h3,5,7-9,11,13H,2,4,6,10,12,14H2,1H3,(H2,22,23,24);1H. The summed E-state index contributed by atoms with van der Waals surface area (Å²) in [7, 11) is 0. The van der Waals surface area contributed by atoms with E-state index in [1.807, 2.05) is 13.0 Å². The van der Waals surface area contributed by atoms with Gasteiger partial charge in [-0.15, -0.1) is 24.0 Å². The van der Waals surface area contributed by atoms with Crippen LogP contribution < -0.4 is 16.2 Å². The number of aliphatic imine (C=N–C) groups is 1. The van der Waals surface area contributed by atoms with E-state index in [4.69, 9.17) is 0 Å². The fourth-order valence-electron chi connectivity index (χ4n) is 2.43. The summed E-state index contributed by atoms with van der Waals surface area (Å²) in [6, 6.07) is 8.44. The van der Waals surface area contributed by atoms with Gasteiger partial charge in [-0.1, -0.05) is 6.07 Å². The number of aryl methyl sites for hydroxylation is 1. The van der Waals surface area contributed by atoms with Crippen LogP contribution in [0.4, 0.5) is 8.78 Å². The number of halogens is 3. The predicted octanol–water partition coefficient (Wildman–Crippen LogP) is 3.28. The summed E-state index contributed by atoms with van der Waals surface area (Å²) >= 11 is 0. The summed E-state index contributed by atoms with van der Waals surface area (Å²) in [5.74, 6) is -0.405. The highest BCUT2D eigenvalue weighted by Crippen LogP contribution is 2.10. The Labute approximate surface area is 174 Å². The second-order valence-electron chi connectivity index (χ2n) is 5.80. The summed E-state index contributed by atoms with van der Waals surface area (Å²) in [5, 5.41) is 6.23. The fraction of sp³-hybridized carbons (Fsp3) is 0.368. The maximum atomic E-state index is 13.6. The Morgan fingerprint density at radius 1 is 1.15 bits per heavy atom. The van der Waals surface area contributed by atoms with Crippen LogP contribution in [0, 0.1) is 11.6 Å². The molecule has 0 spiro atoms. The van der Waals surface area contributed by atoms with Crippen molar-refractivity contribution in [3.63, 3.8) is 0 Å². The van der Waals surface area contributed by atoms with Gasteiger partial charge in [-0.3, -0.25) is 4.79 Å². The monoisotopic (exact) mass is 490 g/mol. The molecule has 27 heavy (non-hydrogen) atoms. The van der Waals surface area contributed by atoms with Crippen molar-refractivity contribution in [2.75, 3.05) is 13.1 Å². The predicted molar refractivity (Wildman–Crippen MR) is 115 cm³/mol. The van der Waals surface area contributed by atoms with E-state index in [1.165, 1.54) is 0 Å². The van der Waals surface area contributed by atoms with Crippen molar-refractivity contribution in [2.45, 2.75) is 32.9 Å². The molecule has 1 aromatic carbocycles. The minimum absolute atomic E-state index is 0. The van der Waals surface area contributed by atoms with Gasteiger partial charge in [0.15, 0.2) is 5.96 Å². The van der Waals surface area contributed by atoms with Crippen molar-refractivity contribution < 1.29 is 8.78 Å². The maximum Gasteiger partial charge on any atom is 0.250 e. The lowest BCUT2D eigenvalue weighted by Gasteiger charge is -2.12. The molecule has 1 aromatic heterocycles. The maximum absolute atomic E-state index is 13.6.